The number of phenolic OH excluding ortho intramolecular Hbond substituents is 1. The van der Waals surface area contributed by atoms with Gasteiger partial charge in [0.15, 0.2) is 34.5 Å². The number of rotatable bonds is 3. The number of ether oxygens (including phenoxy) is 5. The predicted molar refractivity (Wildman–Crippen MR) is 172 cm³/mol. The SMILES string of the molecule is COc1ccc2cc1Oc1ccc(cc1)C[C@@H]1c3cc(c(OC)cc3CCN1C)Oc1c(O)c(OC)cc3c1C(C2)[NH+](C)CC3. The molecule has 0 aromatic heterocycles. The Morgan fingerprint density at radius 2 is 1.49 bits per heavy atom. The molecule has 3 atom stereocenters. The van der Waals surface area contributed by atoms with Gasteiger partial charge in [0.1, 0.15) is 11.8 Å². The van der Waals surface area contributed by atoms with Crippen LogP contribution < -0.4 is 28.6 Å². The second-order valence-electron chi connectivity index (χ2n) is 12.4. The van der Waals surface area contributed by atoms with Crippen LogP contribution in [0.2, 0.25) is 0 Å². The van der Waals surface area contributed by atoms with Crippen LogP contribution in [-0.2, 0) is 25.7 Å². The molecule has 4 heterocycles. The molecular formula is C37H41N2O6+. The van der Waals surface area contributed by atoms with Gasteiger partial charge >= 0.3 is 0 Å². The highest BCUT2D eigenvalue weighted by atomic mass is 16.5. The first-order chi connectivity index (χ1) is 21.9. The molecule has 0 spiro atoms. The Morgan fingerprint density at radius 1 is 0.778 bits per heavy atom. The molecule has 0 amide bonds. The lowest BCUT2D eigenvalue weighted by molar-refractivity contribution is -0.914. The summed E-state index contributed by atoms with van der Waals surface area (Å²) >= 11 is 0. The van der Waals surface area contributed by atoms with E-state index in [0.717, 1.165) is 54.8 Å². The van der Waals surface area contributed by atoms with Crippen molar-refractivity contribution in [2.75, 3.05) is 48.5 Å². The molecule has 4 aliphatic heterocycles. The molecule has 4 aromatic rings. The largest absolute Gasteiger partial charge is 0.502 e. The monoisotopic (exact) mass is 609 g/mol. The molecule has 45 heavy (non-hydrogen) atoms. The smallest absolute Gasteiger partial charge is 0.201 e. The Balaban J connectivity index is 1.45. The molecule has 0 radical (unpaired) electrons. The minimum atomic E-state index is -0.00270. The third-order valence-corrected chi connectivity index (χ3v) is 9.81. The zero-order valence-corrected chi connectivity index (χ0v) is 26.6. The molecule has 8 nitrogen and oxygen atoms in total. The van der Waals surface area contributed by atoms with Crippen LogP contribution in [0.1, 0.15) is 45.5 Å². The molecule has 2 unspecified atom stereocenters. The summed E-state index contributed by atoms with van der Waals surface area (Å²) in [5, 5.41) is 11.7. The van der Waals surface area contributed by atoms with Crippen LogP contribution in [0.5, 0.6) is 46.0 Å². The van der Waals surface area contributed by atoms with E-state index in [4.69, 9.17) is 23.7 Å². The lowest BCUT2D eigenvalue weighted by atomic mass is 9.87. The quantitative estimate of drug-likeness (QED) is 0.321. The number of phenols is 1. The Bertz CT molecular complexity index is 1740. The highest BCUT2D eigenvalue weighted by Crippen LogP contribution is 2.49. The van der Waals surface area contributed by atoms with Gasteiger partial charge in [-0.1, -0.05) is 18.2 Å². The first-order valence-electron chi connectivity index (χ1n) is 15.6. The Labute approximate surface area is 264 Å². The van der Waals surface area contributed by atoms with E-state index in [1.807, 2.05) is 24.3 Å². The molecule has 2 N–H and O–H groups in total. The Morgan fingerprint density at radius 3 is 2.24 bits per heavy atom. The van der Waals surface area contributed by atoms with Crippen molar-refractivity contribution in [1.82, 2.24) is 4.90 Å². The number of benzene rings is 4. The number of hydrogen-bond donors (Lipinski definition) is 2. The fraction of sp³-hybridized carbons (Fsp3) is 0.351. The first-order valence-corrected chi connectivity index (χ1v) is 15.6. The summed E-state index contributed by atoms with van der Waals surface area (Å²) in [5.74, 6) is 4.17. The van der Waals surface area contributed by atoms with E-state index < -0.39 is 0 Å². The number of hydrogen-bond acceptors (Lipinski definition) is 7. The van der Waals surface area contributed by atoms with Gasteiger partial charge in [0.05, 0.1) is 40.5 Å². The van der Waals surface area contributed by atoms with Crippen LogP contribution >= 0.6 is 0 Å². The summed E-state index contributed by atoms with van der Waals surface area (Å²) < 4.78 is 30.5. The van der Waals surface area contributed by atoms with E-state index in [0.29, 0.717) is 40.9 Å². The molecule has 0 fully saturated rings. The number of methoxy groups -OCH3 is 3. The van der Waals surface area contributed by atoms with Crippen molar-refractivity contribution < 1.29 is 33.7 Å². The molecule has 234 valence electrons. The minimum absolute atomic E-state index is 0.00229. The zero-order chi connectivity index (χ0) is 31.2. The molecule has 0 saturated heterocycles. The maximum absolute atomic E-state index is 11.7. The average Bonchev–Trinajstić information content (AvgIpc) is 3.05. The van der Waals surface area contributed by atoms with Crippen molar-refractivity contribution in [3.05, 3.63) is 94.0 Å². The van der Waals surface area contributed by atoms with E-state index in [-0.39, 0.29) is 17.8 Å². The number of aromatic hydroxyl groups is 1. The van der Waals surface area contributed by atoms with Gasteiger partial charge in [0.25, 0.3) is 0 Å². The average molecular weight is 610 g/mol. The van der Waals surface area contributed by atoms with Gasteiger partial charge in [-0.05, 0) is 90.2 Å². The van der Waals surface area contributed by atoms with Crippen LogP contribution in [0.4, 0.5) is 0 Å². The van der Waals surface area contributed by atoms with E-state index >= 15 is 0 Å². The second-order valence-corrected chi connectivity index (χ2v) is 12.4. The maximum Gasteiger partial charge on any atom is 0.201 e. The molecular weight excluding hydrogens is 568 g/mol. The summed E-state index contributed by atoms with van der Waals surface area (Å²) in [7, 11) is 9.29. The van der Waals surface area contributed by atoms with Crippen molar-refractivity contribution in [3.8, 4) is 46.0 Å². The number of fused-ring (bicyclic) bond motifs is 2. The predicted octanol–water partition coefficient (Wildman–Crippen LogP) is 5.44. The lowest BCUT2D eigenvalue weighted by Gasteiger charge is -2.36. The van der Waals surface area contributed by atoms with Crippen molar-refractivity contribution in [2.24, 2.45) is 0 Å². The summed E-state index contributed by atoms with van der Waals surface area (Å²) in [6.45, 7) is 1.88. The van der Waals surface area contributed by atoms with Crippen LogP contribution in [0.15, 0.2) is 60.7 Å². The van der Waals surface area contributed by atoms with E-state index in [1.54, 1.807) is 21.3 Å². The summed E-state index contributed by atoms with van der Waals surface area (Å²) in [4.78, 5) is 3.73. The summed E-state index contributed by atoms with van der Waals surface area (Å²) in [6, 6.07) is 20.8. The van der Waals surface area contributed by atoms with Gasteiger partial charge in [-0.3, -0.25) is 4.90 Å². The zero-order valence-electron chi connectivity index (χ0n) is 26.6. The molecule has 8 heteroatoms. The summed E-state index contributed by atoms with van der Waals surface area (Å²) in [6.07, 6.45) is 3.28. The van der Waals surface area contributed by atoms with Crippen LogP contribution in [0.3, 0.4) is 0 Å². The number of nitrogens with zero attached hydrogens (tertiary/aromatic N) is 1. The molecule has 0 saturated carbocycles. The van der Waals surface area contributed by atoms with Crippen molar-refractivity contribution in [3.63, 3.8) is 0 Å². The third kappa shape index (κ3) is 5.32. The van der Waals surface area contributed by atoms with Crippen molar-refractivity contribution in [1.29, 1.82) is 0 Å². The molecule has 4 aliphatic rings. The van der Waals surface area contributed by atoms with E-state index in [1.165, 1.54) is 21.6 Å². The van der Waals surface area contributed by atoms with Gasteiger partial charge in [-0.25, -0.2) is 0 Å². The van der Waals surface area contributed by atoms with Crippen molar-refractivity contribution >= 4 is 0 Å². The normalized spacial score (nSPS) is 20.6. The fourth-order valence-electron chi connectivity index (χ4n) is 7.22. The van der Waals surface area contributed by atoms with E-state index in [9.17, 15) is 5.11 Å². The van der Waals surface area contributed by atoms with Gasteiger partial charge in [-0.15, -0.1) is 0 Å². The first kappa shape index (κ1) is 29.3. The minimum Gasteiger partial charge on any atom is -0.502 e. The second kappa shape index (κ2) is 11.8. The third-order valence-electron chi connectivity index (χ3n) is 9.81. The highest BCUT2D eigenvalue weighted by molar-refractivity contribution is 5.62. The molecule has 0 aliphatic carbocycles. The van der Waals surface area contributed by atoms with E-state index in [2.05, 4.69) is 55.4 Å². The maximum atomic E-state index is 11.7. The lowest BCUT2D eigenvalue weighted by Crippen LogP contribution is -3.10. The van der Waals surface area contributed by atoms with Crippen LogP contribution in [-0.4, -0.2) is 58.5 Å². The standard InChI is InChI=1S/C37H40N2O6/c1-38-14-12-24-19-31(42-4)33-21-27(24)28(38)16-22-6-9-26(10-7-22)44-32-18-23(8-11-30(32)41-3)17-29-35-25(13-15-39(29)2)20-34(43-5)36(40)37(35)45-33/h6-11,18-21,28-29,40H,12-17H2,1-5H3/p+1/t28-,29?/m1/s1. The topological polar surface area (TPSA) is 74.1 Å². The number of likely N-dealkylation sites (N-methyl/N-ethyl adjacent to an activating group) is 2. The Kier molecular flexibility index (Phi) is 7.71. The highest BCUT2D eigenvalue weighted by Gasteiger charge is 2.36. The van der Waals surface area contributed by atoms with Crippen LogP contribution in [0, 0.1) is 0 Å². The fourth-order valence-corrected chi connectivity index (χ4v) is 7.22. The molecule has 4 aromatic carbocycles. The van der Waals surface area contributed by atoms with Gasteiger partial charge < -0.3 is 33.7 Å². The molecule has 6 bridgehead atoms. The van der Waals surface area contributed by atoms with Gasteiger partial charge in [0.2, 0.25) is 5.75 Å². The molecule has 8 rings (SSSR count). The summed E-state index contributed by atoms with van der Waals surface area (Å²) in [5.41, 5.74) is 6.86. The van der Waals surface area contributed by atoms with Gasteiger partial charge in [-0.2, -0.15) is 0 Å². The van der Waals surface area contributed by atoms with Crippen LogP contribution in [0.25, 0.3) is 0 Å². The van der Waals surface area contributed by atoms with Crippen molar-refractivity contribution in [2.45, 2.75) is 37.8 Å². The number of quaternary nitrogens is 1. The number of nitrogens with one attached hydrogen (secondary N) is 1. The Hall–Kier alpha value is -4.40. The van der Waals surface area contributed by atoms with Gasteiger partial charge in [0, 0.05) is 25.4 Å².